The number of rotatable bonds is 6. The minimum atomic E-state index is 0. The number of aliphatic imine (C=N–C) groups is 1. The Bertz CT molecular complexity index is 451. The molecule has 1 fully saturated rings. The van der Waals surface area contributed by atoms with E-state index in [9.17, 15) is 0 Å². The van der Waals surface area contributed by atoms with Crippen LogP contribution >= 0.6 is 35.7 Å². The Morgan fingerprint density at radius 1 is 1.26 bits per heavy atom. The van der Waals surface area contributed by atoms with Crippen LogP contribution in [-0.4, -0.2) is 72.1 Å². The van der Waals surface area contributed by atoms with Crippen molar-refractivity contribution in [2.45, 2.75) is 13.3 Å². The molecule has 0 atom stereocenters. The van der Waals surface area contributed by atoms with Crippen molar-refractivity contribution < 1.29 is 0 Å². The van der Waals surface area contributed by atoms with Gasteiger partial charge in [0.2, 0.25) is 5.95 Å². The van der Waals surface area contributed by atoms with Gasteiger partial charge in [-0.05, 0) is 31.4 Å². The molecule has 23 heavy (non-hydrogen) atoms. The summed E-state index contributed by atoms with van der Waals surface area (Å²) in [5, 5.41) is 3.40. The van der Waals surface area contributed by atoms with Gasteiger partial charge in [-0.15, -0.1) is 24.0 Å². The number of piperazine rings is 1. The highest BCUT2D eigenvalue weighted by Crippen LogP contribution is 2.09. The second kappa shape index (κ2) is 11.7. The van der Waals surface area contributed by atoms with Gasteiger partial charge in [-0.3, -0.25) is 4.99 Å². The quantitative estimate of drug-likeness (QED) is 0.310. The molecule has 1 aromatic rings. The summed E-state index contributed by atoms with van der Waals surface area (Å²) in [7, 11) is 0. The van der Waals surface area contributed by atoms with Crippen molar-refractivity contribution in [1.82, 2.24) is 20.2 Å². The monoisotopic (exact) mass is 450 g/mol. The number of anilines is 1. The van der Waals surface area contributed by atoms with Crippen LogP contribution in [-0.2, 0) is 0 Å². The van der Waals surface area contributed by atoms with E-state index in [2.05, 4.69) is 38.3 Å². The molecule has 0 spiro atoms. The molecular weight excluding hydrogens is 423 g/mol. The minimum Gasteiger partial charge on any atom is -0.357 e. The summed E-state index contributed by atoms with van der Waals surface area (Å²) in [6.07, 6.45) is 6.87. The van der Waals surface area contributed by atoms with Gasteiger partial charge >= 0.3 is 0 Å². The van der Waals surface area contributed by atoms with E-state index in [1.165, 1.54) is 5.75 Å². The zero-order valence-corrected chi connectivity index (χ0v) is 17.1. The number of guanidine groups is 1. The molecule has 8 heteroatoms. The van der Waals surface area contributed by atoms with Crippen LogP contribution in [0.4, 0.5) is 5.95 Å². The van der Waals surface area contributed by atoms with E-state index >= 15 is 0 Å². The van der Waals surface area contributed by atoms with Crippen molar-refractivity contribution in [3.05, 3.63) is 18.5 Å². The molecule has 0 bridgehead atoms. The van der Waals surface area contributed by atoms with E-state index in [0.717, 1.165) is 57.6 Å². The predicted molar refractivity (Wildman–Crippen MR) is 110 cm³/mol. The van der Waals surface area contributed by atoms with Gasteiger partial charge in [-0.25, -0.2) is 9.97 Å². The number of hydrogen-bond acceptors (Lipinski definition) is 5. The molecule has 1 saturated heterocycles. The minimum absolute atomic E-state index is 0. The molecule has 0 radical (unpaired) electrons. The fourth-order valence-electron chi connectivity index (χ4n) is 2.39. The van der Waals surface area contributed by atoms with E-state index in [0.29, 0.717) is 0 Å². The van der Waals surface area contributed by atoms with Crippen LogP contribution in [0.5, 0.6) is 0 Å². The first-order valence-corrected chi connectivity index (χ1v) is 9.28. The van der Waals surface area contributed by atoms with Crippen molar-refractivity contribution >= 4 is 47.6 Å². The van der Waals surface area contributed by atoms with Gasteiger partial charge in [0, 0.05) is 51.7 Å². The van der Waals surface area contributed by atoms with Gasteiger partial charge in [-0.2, -0.15) is 11.8 Å². The zero-order chi connectivity index (χ0) is 15.6. The summed E-state index contributed by atoms with van der Waals surface area (Å²) in [6.45, 7) is 7.68. The summed E-state index contributed by atoms with van der Waals surface area (Å²) in [4.78, 5) is 18.0. The topological polar surface area (TPSA) is 56.7 Å². The van der Waals surface area contributed by atoms with Crippen molar-refractivity contribution in [3.63, 3.8) is 0 Å². The Balaban J connectivity index is 0.00000264. The number of thioether (sulfide) groups is 1. The summed E-state index contributed by atoms with van der Waals surface area (Å²) in [5.41, 5.74) is 0. The van der Waals surface area contributed by atoms with E-state index < -0.39 is 0 Å². The van der Waals surface area contributed by atoms with Gasteiger partial charge in [0.05, 0.1) is 0 Å². The molecule has 0 aliphatic carbocycles. The standard InChI is InChI=1S/C15H26N6S.HI/c1-3-16-14(19-8-5-13-22-2)20-9-11-21(12-10-20)15-17-6-4-7-18-15;/h4,6-7H,3,5,8-13H2,1-2H3,(H,16,19);1H. The van der Waals surface area contributed by atoms with Crippen molar-refractivity contribution in [1.29, 1.82) is 0 Å². The molecule has 2 heterocycles. The fourth-order valence-corrected chi connectivity index (χ4v) is 2.81. The van der Waals surface area contributed by atoms with E-state index in [-0.39, 0.29) is 24.0 Å². The Morgan fingerprint density at radius 3 is 2.57 bits per heavy atom. The summed E-state index contributed by atoms with van der Waals surface area (Å²) >= 11 is 1.88. The molecule has 1 N–H and O–H groups in total. The lowest BCUT2D eigenvalue weighted by Crippen LogP contribution is -2.53. The maximum atomic E-state index is 4.74. The molecule has 1 aliphatic rings. The molecule has 130 valence electrons. The highest BCUT2D eigenvalue weighted by molar-refractivity contribution is 14.0. The lowest BCUT2D eigenvalue weighted by Gasteiger charge is -2.36. The number of aromatic nitrogens is 2. The maximum Gasteiger partial charge on any atom is 0.225 e. The van der Waals surface area contributed by atoms with Gasteiger partial charge in [0.1, 0.15) is 0 Å². The average molecular weight is 450 g/mol. The summed E-state index contributed by atoms with van der Waals surface area (Å²) in [6, 6.07) is 1.85. The average Bonchev–Trinajstić information content (AvgIpc) is 2.59. The molecule has 2 rings (SSSR count). The number of hydrogen-bond donors (Lipinski definition) is 1. The zero-order valence-electron chi connectivity index (χ0n) is 13.9. The summed E-state index contributed by atoms with van der Waals surface area (Å²) in [5.74, 6) is 3.03. The Morgan fingerprint density at radius 2 is 1.96 bits per heavy atom. The van der Waals surface area contributed by atoms with Crippen LogP contribution in [0.15, 0.2) is 23.5 Å². The molecule has 6 nitrogen and oxygen atoms in total. The van der Waals surface area contributed by atoms with Crippen LogP contribution in [0.2, 0.25) is 0 Å². The van der Waals surface area contributed by atoms with E-state index in [1.54, 1.807) is 12.4 Å². The van der Waals surface area contributed by atoms with Crippen molar-refractivity contribution in [3.8, 4) is 0 Å². The van der Waals surface area contributed by atoms with Gasteiger partial charge < -0.3 is 15.1 Å². The van der Waals surface area contributed by atoms with Crippen LogP contribution in [0.3, 0.4) is 0 Å². The Hall–Kier alpha value is -0.770. The summed E-state index contributed by atoms with van der Waals surface area (Å²) < 4.78 is 0. The predicted octanol–water partition coefficient (Wildman–Crippen LogP) is 1.94. The smallest absolute Gasteiger partial charge is 0.225 e. The van der Waals surface area contributed by atoms with Gasteiger partial charge in [0.25, 0.3) is 0 Å². The largest absolute Gasteiger partial charge is 0.357 e. The molecule has 0 saturated carbocycles. The fraction of sp³-hybridized carbons (Fsp3) is 0.667. The lowest BCUT2D eigenvalue weighted by molar-refractivity contribution is 0.370. The molecule has 0 amide bonds. The normalized spacial score (nSPS) is 15.3. The van der Waals surface area contributed by atoms with Crippen LogP contribution in [0, 0.1) is 0 Å². The van der Waals surface area contributed by atoms with Gasteiger partial charge in [-0.1, -0.05) is 0 Å². The molecule has 1 aliphatic heterocycles. The number of halogens is 1. The number of nitrogens with zero attached hydrogens (tertiary/aromatic N) is 5. The van der Waals surface area contributed by atoms with Crippen molar-refractivity contribution in [2.75, 3.05) is 56.2 Å². The van der Waals surface area contributed by atoms with Crippen LogP contribution < -0.4 is 10.2 Å². The van der Waals surface area contributed by atoms with Crippen LogP contribution in [0.1, 0.15) is 13.3 Å². The molecular formula is C15H27IN6S. The third-order valence-corrected chi connectivity index (χ3v) is 4.21. The molecule has 0 aromatic carbocycles. The highest BCUT2D eigenvalue weighted by Gasteiger charge is 2.20. The van der Waals surface area contributed by atoms with Gasteiger partial charge in [0.15, 0.2) is 5.96 Å². The Kier molecular flexibility index (Phi) is 10.3. The lowest BCUT2D eigenvalue weighted by atomic mass is 10.3. The van der Waals surface area contributed by atoms with Crippen molar-refractivity contribution in [2.24, 2.45) is 4.99 Å². The maximum absolute atomic E-state index is 4.74. The third kappa shape index (κ3) is 6.70. The molecule has 0 unspecified atom stereocenters. The SMILES string of the molecule is CCNC(=NCCCSC)N1CCN(c2ncccn2)CC1.I. The first-order chi connectivity index (χ1) is 10.8. The first kappa shape index (κ1) is 20.3. The Labute approximate surface area is 160 Å². The van der Waals surface area contributed by atoms with Crippen LogP contribution in [0.25, 0.3) is 0 Å². The first-order valence-electron chi connectivity index (χ1n) is 7.89. The third-order valence-electron chi connectivity index (χ3n) is 3.52. The highest BCUT2D eigenvalue weighted by atomic mass is 127. The second-order valence-corrected chi connectivity index (χ2v) is 6.09. The number of nitrogens with one attached hydrogen (secondary N) is 1. The van der Waals surface area contributed by atoms with E-state index in [1.807, 2.05) is 17.8 Å². The van der Waals surface area contributed by atoms with E-state index in [4.69, 9.17) is 4.99 Å². The molecule has 1 aromatic heterocycles. The second-order valence-electron chi connectivity index (χ2n) is 5.10.